The molecule has 1 rings (SSSR count). The maximum atomic E-state index is 9.54. The van der Waals surface area contributed by atoms with Crippen LogP contribution in [0.2, 0.25) is 0 Å². The fraction of sp³-hybridized carbons (Fsp3) is 0.750. The van der Waals surface area contributed by atoms with E-state index in [-0.39, 0.29) is 24.8 Å². The lowest BCUT2D eigenvalue weighted by Gasteiger charge is -1.82. The smallest absolute Gasteiger partial charge is 0.207 e. The van der Waals surface area contributed by atoms with E-state index < -0.39 is 0 Å². The predicted molar refractivity (Wildman–Crippen MR) is 36.7 cm³/mol. The summed E-state index contributed by atoms with van der Waals surface area (Å²) < 4.78 is 0. The average molecular weight is 158 g/mol. The maximum absolute atomic E-state index is 9.54. The van der Waals surface area contributed by atoms with Crippen molar-refractivity contribution in [2.75, 3.05) is 0 Å². The van der Waals surface area contributed by atoms with Gasteiger partial charge >= 0.3 is 0 Å². The van der Waals surface area contributed by atoms with Crippen LogP contribution in [0.1, 0.15) is 12.8 Å². The molecule has 0 radical (unpaired) electrons. The van der Waals surface area contributed by atoms with Crippen LogP contribution in [0, 0.1) is 0 Å². The lowest BCUT2D eigenvalue weighted by atomic mass is 10.7. The maximum Gasteiger partial charge on any atom is 0.207 e. The van der Waals surface area contributed by atoms with Gasteiger partial charge in [0.15, 0.2) is 0 Å². The summed E-state index contributed by atoms with van der Waals surface area (Å²) in [4.78, 5) is 9.54. The van der Waals surface area contributed by atoms with E-state index in [2.05, 4.69) is 5.32 Å². The first-order valence-corrected chi connectivity index (χ1v) is 2.13. The summed E-state index contributed by atoms with van der Waals surface area (Å²) in [6.45, 7) is 0. The number of hydrogen-bond donors (Lipinski definition) is 1. The molecule has 50 valence electrons. The molecule has 0 spiro atoms. The highest BCUT2D eigenvalue weighted by atomic mass is 35.5. The highest BCUT2D eigenvalue weighted by molar-refractivity contribution is 5.85. The van der Waals surface area contributed by atoms with Crippen molar-refractivity contribution >= 4 is 31.2 Å². The molecule has 4 heteroatoms. The summed E-state index contributed by atoms with van der Waals surface area (Å²) in [5.74, 6) is 0. The Morgan fingerprint density at radius 2 is 1.88 bits per heavy atom. The monoisotopic (exact) mass is 157 g/mol. The Balaban J connectivity index is 0. The van der Waals surface area contributed by atoms with Gasteiger partial charge < -0.3 is 5.32 Å². The van der Waals surface area contributed by atoms with Gasteiger partial charge in [0, 0.05) is 6.04 Å². The van der Waals surface area contributed by atoms with E-state index in [9.17, 15) is 4.79 Å². The van der Waals surface area contributed by atoms with Crippen molar-refractivity contribution in [3.63, 3.8) is 0 Å². The Kier molecular flexibility index (Phi) is 7.09. The molecule has 0 unspecified atom stereocenters. The van der Waals surface area contributed by atoms with E-state index in [0.717, 1.165) is 6.41 Å². The van der Waals surface area contributed by atoms with Crippen LogP contribution in [0.4, 0.5) is 0 Å². The highest BCUT2D eigenvalue weighted by Crippen LogP contribution is 2.17. The Labute approximate surface area is 60.8 Å². The van der Waals surface area contributed by atoms with Crippen LogP contribution < -0.4 is 5.32 Å². The minimum atomic E-state index is 0. The first kappa shape index (κ1) is 10.9. The zero-order chi connectivity index (χ0) is 4.41. The molecule has 0 atom stereocenters. The van der Waals surface area contributed by atoms with Crippen molar-refractivity contribution in [2.45, 2.75) is 18.9 Å². The fourth-order valence-electron chi connectivity index (χ4n) is 0.346. The van der Waals surface area contributed by atoms with E-state index >= 15 is 0 Å². The summed E-state index contributed by atoms with van der Waals surface area (Å²) in [5.41, 5.74) is 0. The lowest BCUT2D eigenvalue weighted by Crippen LogP contribution is -2.11. The van der Waals surface area contributed by atoms with E-state index in [1.807, 2.05) is 0 Å². The second-order valence-corrected chi connectivity index (χ2v) is 1.56. The second-order valence-electron chi connectivity index (χ2n) is 1.56. The van der Waals surface area contributed by atoms with Gasteiger partial charge in [0.05, 0.1) is 0 Å². The highest BCUT2D eigenvalue weighted by Gasteiger charge is 2.18. The number of amides is 1. The third-order valence-electron chi connectivity index (χ3n) is 0.881. The van der Waals surface area contributed by atoms with Crippen LogP contribution in [-0.2, 0) is 4.79 Å². The molecule has 1 fully saturated rings. The van der Waals surface area contributed by atoms with Crippen molar-refractivity contribution in [1.82, 2.24) is 5.32 Å². The lowest BCUT2D eigenvalue weighted by molar-refractivity contribution is -0.109. The molecule has 1 aliphatic rings. The van der Waals surface area contributed by atoms with Crippen LogP contribution in [0.25, 0.3) is 0 Å². The molecule has 0 saturated heterocycles. The van der Waals surface area contributed by atoms with E-state index in [1.165, 1.54) is 12.8 Å². The summed E-state index contributed by atoms with van der Waals surface area (Å²) in [5, 5.41) is 2.64. The number of hydrogen-bond acceptors (Lipinski definition) is 1. The molecule has 0 aromatic carbocycles. The van der Waals surface area contributed by atoms with Crippen LogP contribution in [-0.4, -0.2) is 12.5 Å². The van der Waals surface area contributed by atoms with Gasteiger partial charge in [0.2, 0.25) is 6.41 Å². The quantitative estimate of drug-likeness (QED) is 0.590. The van der Waals surface area contributed by atoms with Crippen LogP contribution in [0.5, 0.6) is 0 Å². The van der Waals surface area contributed by atoms with Gasteiger partial charge in [-0.25, -0.2) is 0 Å². The topological polar surface area (TPSA) is 29.1 Å². The van der Waals surface area contributed by atoms with E-state index in [1.54, 1.807) is 0 Å². The molecule has 1 amide bonds. The minimum absolute atomic E-state index is 0. The summed E-state index contributed by atoms with van der Waals surface area (Å²) in [6.07, 6.45) is 3.12. The minimum Gasteiger partial charge on any atom is -0.356 e. The van der Waals surface area contributed by atoms with Gasteiger partial charge in [0.1, 0.15) is 0 Å². The van der Waals surface area contributed by atoms with Gasteiger partial charge in [-0.2, -0.15) is 0 Å². The van der Waals surface area contributed by atoms with Gasteiger partial charge in [-0.05, 0) is 12.8 Å². The largest absolute Gasteiger partial charge is 0.356 e. The molecule has 0 aromatic rings. The van der Waals surface area contributed by atoms with Gasteiger partial charge in [-0.15, -0.1) is 24.8 Å². The molecular weight excluding hydrogens is 149 g/mol. The number of nitrogens with one attached hydrogen (secondary N) is 1. The number of halogens is 2. The first-order chi connectivity index (χ1) is 2.93. The van der Waals surface area contributed by atoms with Crippen molar-refractivity contribution in [3.05, 3.63) is 0 Å². The number of carbonyl (C=O) groups excluding carboxylic acids is 1. The van der Waals surface area contributed by atoms with Crippen LogP contribution in [0.15, 0.2) is 0 Å². The SMILES string of the molecule is Cl.Cl.O=CNC1CC1. The molecule has 0 heterocycles. The molecule has 0 aromatic heterocycles. The molecule has 0 bridgehead atoms. The van der Waals surface area contributed by atoms with Gasteiger partial charge in [0.25, 0.3) is 0 Å². The fourth-order valence-corrected chi connectivity index (χ4v) is 0.346. The molecule has 1 N–H and O–H groups in total. The number of carbonyl (C=O) groups is 1. The van der Waals surface area contributed by atoms with Crippen LogP contribution >= 0.6 is 24.8 Å². The molecular formula is C4H9Cl2NO. The van der Waals surface area contributed by atoms with Crippen molar-refractivity contribution in [2.24, 2.45) is 0 Å². The molecule has 1 aliphatic carbocycles. The van der Waals surface area contributed by atoms with Crippen molar-refractivity contribution in [1.29, 1.82) is 0 Å². The Hall–Kier alpha value is 0.0500. The van der Waals surface area contributed by atoms with Gasteiger partial charge in [-0.3, -0.25) is 4.79 Å². The normalized spacial score (nSPS) is 15.0. The third-order valence-corrected chi connectivity index (χ3v) is 0.881. The summed E-state index contributed by atoms with van der Waals surface area (Å²) in [7, 11) is 0. The van der Waals surface area contributed by atoms with Crippen molar-refractivity contribution < 1.29 is 4.79 Å². The Bertz CT molecular complexity index is 65.1. The Morgan fingerprint density at radius 3 is 2.00 bits per heavy atom. The summed E-state index contributed by atoms with van der Waals surface area (Å²) >= 11 is 0. The van der Waals surface area contributed by atoms with Crippen molar-refractivity contribution in [3.8, 4) is 0 Å². The van der Waals surface area contributed by atoms with E-state index in [4.69, 9.17) is 0 Å². The molecule has 0 aliphatic heterocycles. The number of rotatable bonds is 2. The predicted octanol–water partition coefficient (Wildman–Crippen LogP) is 0.738. The third kappa shape index (κ3) is 4.22. The zero-order valence-electron chi connectivity index (χ0n) is 4.29. The van der Waals surface area contributed by atoms with E-state index in [0.29, 0.717) is 6.04 Å². The van der Waals surface area contributed by atoms with Crippen LogP contribution in [0.3, 0.4) is 0 Å². The molecule has 2 nitrogen and oxygen atoms in total. The summed E-state index contributed by atoms with van der Waals surface area (Å²) in [6, 6.07) is 0.530. The van der Waals surface area contributed by atoms with Gasteiger partial charge in [-0.1, -0.05) is 0 Å². The molecule has 8 heavy (non-hydrogen) atoms. The Morgan fingerprint density at radius 1 is 1.38 bits per heavy atom. The molecule has 1 saturated carbocycles. The average Bonchev–Trinajstić information content (AvgIpc) is 2.21. The zero-order valence-corrected chi connectivity index (χ0v) is 5.93. The first-order valence-electron chi connectivity index (χ1n) is 2.13. The second kappa shape index (κ2) is 5.19. The standard InChI is InChI=1S/C4H7NO.2ClH/c6-3-5-4-1-2-4;;/h3-4H,1-2H2,(H,5,6);2*1H.